The molecular formula is C17H21NO4. The lowest BCUT2D eigenvalue weighted by Gasteiger charge is -2.10. The maximum absolute atomic E-state index is 11.7. The third kappa shape index (κ3) is 5.44. The molecule has 0 amide bonds. The molecule has 0 saturated carbocycles. The zero-order valence-electron chi connectivity index (χ0n) is 13.3. The smallest absolute Gasteiger partial charge is 0.330 e. The van der Waals surface area contributed by atoms with E-state index < -0.39 is 5.97 Å². The molecule has 5 nitrogen and oxygen atoms in total. The summed E-state index contributed by atoms with van der Waals surface area (Å²) < 4.78 is 9.62. The molecule has 0 fully saturated rings. The topological polar surface area (TPSA) is 64.6 Å². The molecule has 5 heteroatoms. The first kappa shape index (κ1) is 17.5. The first-order valence-corrected chi connectivity index (χ1v) is 6.82. The van der Waals surface area contributed by atoms with Crippen LogP contribution in [0.1, 0.15) is 19.4 Å². The van der Waals surface area contributed by atoms with Gasteiger partial charge in [0.15, 0.2) is 5.78 Å². The van der Waals surface area contributed by atoms with Crippen LogP contribution in [0.2, 0.25) is 0 Å². The second-order valence-corrected chi connectivity index (χ2v) is 4.65. The minimum absolute atomic E-state index is 0.125. The average molecular weight is 303 g/mol. The average Bonchev–Trinajstić information content (AvgIpc) is 2.52. The molecule has 0 atom stereocenters. The largest absolute Gasteiger partial charge is 0.497 e. The molecule has 0 heterocycles. The molecule has 0 saturated heterocycles. The van der Waals surface area contributed by atoms with Crippen molar-refractivity contribution in [1.29, 1.82) is 0 Å². The standard InChI is InChI=1S/C17H21NO4/c1-12(16(13(2)19)9-10-17(20)22-4)18-11-14-5-7-15(21-3)8-6-14/h5-10,18H,11H2,1-4H3. The Bertz CT molecular complexity index is 585. The Morgan fingerprint density at radius 3 is 2.23 bits per heavy atom. The molecule has 1 aromatic rings. The molecular weight excluding hydrogens is 282 g/mol. The van der Waals surface area contributed by atoms with Gasteiger partial charge in [0.2, 0.25) is 0 Å². The Morgan fingerprint density at radius 1 is 1.09 bits per heavy atom. The number of ether oxygens (including phenoxy) is 2. The Balaban J connectivity index is 2.79. The van der Waals surface area contributed by atoms with Crippen LogP contribution in [0.25, 0.3) is 0 Å². The van der Waals surface area contributed by atoms with Crippen molar-refractivity contribution >= 4 is 11.8 Å². The van der Waals surface area contributed by atoms with Crippen LogP contribution in [0.5, 0.6) is 5.75 Å². The van der Waals surface area contributed by atoms with Crippen LogP contribution in [-0.2, 0) is 20.9 Å². The van der Waals surface area contributed by atoms with Gasteiger partial charge in [-0.3, -0.25) is 4.79 Å². The highest BCUT2D eigenvalue weighted by molar-refractivity contribution is 5.98. The lowest BCUT2D eigenvalue weighted by molar-refractivity contribution is -0.134. The van der Waals surface area contributed by atoms with E-state index >= 15 is 0 Å². The predicted molar refractivity (Wildman–Crippen MR) is 84.4 cm³/mol. The molecule has 0 aliphatic carbocycles. The number of allylic oxidation sites excluding steroid dienone is 3. The number of esters is 1. The number of benzene rings is 1. The van der Waals surface area contributed by atoms with E-state index in [2.05, 4.69) is 10.1 Å². The number of carbonyl (C=O) groups is 2. The van der Waals surface area contributed by atoms with E-state index in [4.69, 9.17) is 4.74 Å². The monoisotopic (exact) mass is 303 g/mol. The Labute approximate surface area is 130 Å². The quantitative estimate of drug-likeness (QED) is 0.476. The van der Waals surface area contributed by atoms with Gasteiger partial charge in [-0.15, -0.1) is 0 Å². The first-order chi connectivity index (χ1) is 10.5. The van der Waals surface area contributed by atoms with Crippen molar-refractivity contribution in [3.05, 3.63) is 53.3 Å². The Hall–Kier alpha value is -2.56. The summed E-state index contributed by atoms with van der Waals surface area (Å²) in [5.41, 5.74) is 2.20. The molecule has 1 N–H and O–H groups in total. The lowest BCUT2D eigenvalue weighted by atomic mass is 10.1. The second-order valence-electron chi connectivity index (χ2n) is 4.65. The van der Waals surface area contributed by atoms with Crippen molar-refractivity contribution < 1.29 is 19.1 Å². The second kappa shape index (κ2) is 8.67. The summed E-state index contributed by atoms with van der Waals surface area (Å²) in [5, 5.41) is 3.17. The van der Waals surface area contributed by atoms with Gasteiger partial charge in [0, 0.05) is 23.9 Å². The van der Waals surface area contributed by atoms with Crippen molar-refractivity contribution in [3.63, 3.8) is 0 Å². The normalized spacial score (nSPS) is 11.8. The van der Waals surface area contributed by atoms with Crippen LogP contribution in [0.3, 0.4) is 0 Å². The molecule has 22 heavy (non-hydrogen) atoms. The summed E-state index contributed by atoms with van der Waals surface area (Å²) in [6, 6.07) is 7.63. The zero-order chi connectivity index (χ0) is 16.5. The number of hydrogen-bond donors (Lipinski definition) is 1. The van der Waals surface area contributed by atoms with Crippen LogP contribution in [0, 0.1) is 0 Å². The SMILES string of the molecule is COC(=O)C=CC(C(C)=O)=C(C)NCc1ccc(OC)cc1. The van der Waals surface area contributed by atoms with Gasteiger partial charge in [-0.05, 0) is 37.6 Å². The minimum Gasteiger partial charge on any atom is -0.497 e. The van der Waals surface area contributed by atoms with Crippen LogP contribution >= 0.6 is 0 Å². The van der Waals surface area contributed by atoms with Crippen LogP contribution in [0.15, 0.2) is 47.7 Å². The molecule has 1 aromatic carbocycles. The highest BCUT2D eigenvalue weighted by Gasteiger charge is 2.06. The molecule has 0 aliphatic rings. The highest BCUT2D eigenvalue weighted by Crippen LogP contribution is 2.12. The van der Waals surface area contributed by atoms with Gasteiger partial charge in [-0.2, -0.15) is 0 Å². The van der Waals surface area contributed by atoms with Crippen LogP contribution < -0.4 is 10.1 Å². The summed E-state index contributed by atoms with van der Waals surface area (Å²) >= 11 is 0. The van der Waals surface area contributed by atoms with Gasteiger partial charge in [0.25, 0.3) is 0 Å². The van der Waals surface area contributed by atoms with E-state index in [-0.39, 0.29) is 5.78 Å². The summed E-state index contributed by atoms with van der Waals surface area (Å²) in [4.78, 5) is 22.8. The number of hydrogen-bond acceptors (Lipinski definition) is 5. The van der Waals surface area contributed by atoms with Gasteiger partial charge in [-0.1, -0.05) is 12.1 Å². The number of Topliss-reactive ketones (excluding diaryl/α,β-unsaturated/α-hetero) is 1. The van der Waals surface area contributed by atoms with Crippen LogP contribution in [0.4, 0.5) is 0 Å². The Kier molecular flexibility index (Phi) is 6.89. The zero-order valence-corrected chi connectivity index (χ0v) is 13.3. The molecule has 0 bridgehead atoms. The van der Waals surface area contributed by atoms with Crippen molar-refractivity contribution in [1.82, 2.24) is 5.32 Å². The van der Waals surface area contributed by atoms with E-state index in [0.29, 0.717) is 17.8 Å². The number of rotatable bonds is 7. The predicted octanol–water partition coefficient (Wildman–Crippen LogP) is 2.38. The maximum atomic E-state index is 11.7. The summed E-state index contributed by atoms with van der Waals surface area (Å²) in [5.74, 6) is 0.169. The number of nitrogens with one attached hydrogen (secondary N) is 1. The van der Waals surface area contributed by atoms with Gasteiger partial charge in [-0.25, -0.2) is 4.79 Å². The highest BCUT2D eigenvalue weighted by atomic mass is 16.5. The summed E-state index contributed by atoms with van der Waals surface area (Å²) in [6.07, 6.45) is 2.69. The van der Waals surface area contributed by atoms with Crippen LogP contribution in [-0.4, -0.2) is 26.0 Å². The van der Waals surface area contributed by atoms with E-state index in [1.54, 1.807) is 14.0 Å². The van der Waals surface area contributed by atoms with Gasteiger partial charge < -0.3 is 14.8 Å². The van der Waals surface area contributed by atoms with E-state index in [0.717, 1.165) is 11.3 Å². The lowest BCUT2D eigenvalue weighted by Crippen LogP contribution is -2.15. The summed E-state index contributed by atoms with van der Waals surface area (Å²) in [7, 11) is 2.91. The van der Waals surface area contributed by atoms with Crippen molar-refractivity contribution in [3.8, 4) is 5.75 Å². The van der Waals surface area contributed by atoms with E-state index in [1.807, 2.05) is 24.3 Å². The molecule has 0 unspecified atom stereocenters. The van der Waals surface area contributed by atoms with E-state index in [9.17, 15) is 9.59 Å². The van der Waals surface area contributed by atoms with Crippen molar-refractivity contribution in [2.45, 2.75) is 20.4 Å². The number of methoxy groups -OCH3 is 2. The fraction of sp³-hybridized carbons (Fsp3) is 0.294. The van der Waals surface area contributed by atoms with Gasteiger partial charge >= 0.3 is 5.97 Å². The minimum atomic E-state index is -0.498. The van der Waals surface area contributed by atoms with Crippen molar-refractivity contribution in [2.24, 2.45) is 0 Å². The number of carbonyl (C=O) groups excluding carboxylic acids is 2. The first-order valence-electron chi connectivity index (χ1n) is 6.82. The molecule has 0 radical (unpaired) electrons. The molecule has 1 rings (SSSR count). The molecule has 0 aromatic heterocycles. The number of ketones is 1. The van der Waals surface area contributed by atoms with Gasteiger partial charge in [0.05, 0.1) is 14.2 Å². The molecule has 118 valence electrons. The van der Waals surface area contributed by atoms with Gasteiger partial charge in [0.1, 0.15) is 5.75 Å². The fourth-order valence-electron chi connectivity index (χ4n) is 1.80. The fourth-order valence-corrected chi connectivity index (χ4v) is 1.80. The third-order valence-electron chi connectivity index (χ3n) is 3.09. The molecule has 0 aliphatic heterocycles. The maximum Gasteiger partial charge on any atom is 0.330 e. The van der Waals surface area contributed by atoms with E-state index in [1.165, 1.54) is 26.2 Å². The third-order valence-corrected chi connectivity index (χ3v) is 3.09. The van der Waals surface area contributed by atoms with Crippen molar-refractivity contribution in [2.75, 3.05) is 14.2 Å². The summed E-state index contributed by atoms with van der Waals surface area (Å²) in [6.45, 7) is 3.82. The Morgan fingerprint density at radius 2 is 1.73 bits per heavy atom. The molecule has 0 spiro atoms.